The van der Waals surface area contributed by atoms with Gasteiger partial charge >= 0.3 is 6.03 Å². The number of hydrogen-bond donors (Lipinski definition) is 1. The molecule has 8 heteroatoms. The first-order valence-electron chi connectivity index (χ1n) is 9.24. The van der Waals surface area contributed by atoms with Gasteiger partial charge in [-0.05, 0) is 42.0 Å². The molecular formula is C20H22N4O3S. The highest BCUT2D eigenvalue weighted by molar-refractivity contribution is 7.08. The quantitative estimate of drug-likeness (QED) is 0.705. The number of likely N-dealkylation sites (tertiary alicyclic amines) is 1. The fourth-order valence-electron chi connectivity index (χ4n) is 3.26. The van der Waals surface area contributed by atoms with Crippen molar-refractivity contribution in [2.24, 2.45) is 0 Å². The lowest BCUT2D eigenvalue weighted by molar-refractivity contribution is 0.177. The van der Waals surface area contributed by atoms with Crippen LogP contribution in [0.2, 0.25) is 0 Å². The van der Waals surface area contributed by atoms with Crippen LogP contribution >= 0.6 is 11.3 Å². The molecule has 0 aliphatic carbocycles. The van der Waals surface area contributed by atoms with Gasteiger partial charge in [-0.2, -0.15) is 11.3 Å². The predicted octanol–water partition coefficient (Wildman–Crippen LogP) is 3.90. The molecule has 0 spiro atoms. The number of urea groups is 1. The molecule has 0 bridgehead atoms. The summed E-state index contributed by atoms with van der Waals surface area (Å²) in [5, 5.41) is 15.3. The summed E-state index contributed by atoms with van der Waals surface area (Å²) in [4.78, 5) is 14.3. The maximum atomic E-state index is 12.4. The van der Waals surface area contributed by atoms with Crippen LogP contribution in [0.15, 0.2) is 45.5 Å². The summed E-state index contributed by atoms with van der Waals surface area (Å²) in [6.07, 6.45) is 1.64. The minimum Gasteiger partial charge on any atom is -0.497 e. The van der Waals surface area contributed by atoms with E-state index < -0.39 is 0 Å². The van der Waals surface area contributed by atoms with Crippen molar-refractivity contribution in [2.75, 3.05) is 20.2 Å². The van der Waals surface area contributed by atoms with E-state index in [1.165, 1.54) is 0 Å². The number of rotatable bonds is 5. The van der Waals surface area contributed by atoms with Crippen LogP contribution < -0.4 is 10.1 Å². The minimum atomic E-state index is -0.0428. The lowest BCUT2D eigenvalue weighted by atomic mass is 9.97. The van der Waals surface area contributed by atoms with Crippen molar-refractivity contribution in [3.05, 3.63) is 52.5 Å². The van der Waals surface area contributed by atoms with Crippen LogP contribution in [0.25, 0.3) is 11.5 Å². The molecule has 7 nitrogen and oxygen atoms in total. The fourth-order valence-corrected chi connectivity index (χ4v) is 3.89. The van der Waals surface area contributed by atoms with Crippen molar-refractivity contribution in [3.63, 3.8) is 0 Å². The monoisotopic (exact) mass is 398 g/mol. The fraction of sp³-hybridized carbons (Fsp3) is 0.350. The van der Waals surface area contributed by atoms with Crippen LogP contribution in [0.4, 0.5) is 4.79 Å². The molecule has 0 saturated carbocycles. The smallest absolute Gasteiger partial charge is 0.317 e. The van der Waals surface area contributed by atoms with Gasteiger partial charge in [-0.1, -0.05) is 12.1 Å². The third kappa shape index (κ3) is 4.17. The van der Waals surface area contributed by atoms with Crippen molar-refractivity contribution >= 4 is 17.4 Å². The summed E-state index contributed by atoms with van der Waals surface area (Å²) in [7, 11) is 1.64. The predicted molar refractivity (Wildman–Crippen MR) is 106 cm³/mol. The van der Waals surface area contributed by atoms with Gasteiger partial charge in [-0.25, -0.2) is 4.79 Å². The molecule has 4 rings (SSSR count). The van der Waals surface area contributed by atoms with E-state index in [1.807, 2.05) is 46.0 Å². The zero-order valence-corrected chi connectivity index (χ0v) is 16.4. The van der Waals surface area contributed by atoms with E-state index in [1.54, 1.807) is 18.4 Å². The number of aromatic nitrogens is 2. The Labute approximate surface area is 167 Å². The number of amides is 2. The molecule has 3 aromatic rings. The number of hydrogen-bond acceptors (Lipinski definition) is 6. The molecule has 1 aliphatic heterocycles. The number of benzene rings is 1. The Balaban J connectivity index is 1.27. The summed E-state index contributed by atoms with van der Waals surface area (Å²) < 4.78 is 11.0. The molecule has 1 aliphatic rings. The largest absolute Gasteiger partial charge is 0.497 e. The zero-order valence-electron chi connectivity index (χ0n) is 15.6. The molecule has 0 unspecified atom stereocenters. The molecule has 146 valence electrons. The number of carbonyl (C=O) groups excluding carboxylic acids is 1. The van der Waals surface area contributed by atoms with E-state index in [4.69, 9.17) is 9.15 Å². The first kappa shape index (κ1) is 18.5. The Morgan fingerprint density at radius 3 is 2.71 bits per heavy atom. The average Bonchev–Trinajstić information content (AvgIpc) is 3.44. The van der Waals surface area contributed by atoms with E-state index in [9.17, 15) is 4.79 Å². The number of nitrogens with zero attached hydrogens (tertiary/aromatic N) is 3. The number of ether oxygens (including phenoxy) is 1. The van der Waals surface area contributed by atoms with Crippen LogP contribution in [-0.4, -0.2) is 41.3 Å². The van der Waals surface area contributed by atoms with E-state index >= 15 is 0 Å². The van der Waals surface area contributed by atoms with Crippen LogP contribution in [0, 0.1) is 0 Å². The van der Waals surface area contributed by atoms with E-state index in [-0.39, 0.29) is 11.9 Å². The van der Waals surface area contributed by atoms with E-state index in [0.29, 0.717) is 31.4 Å². The highest BCUT2D eigenvalue weighted by Crippen LogP contribution is 2.29. The second kappa shape index (κ2) is 8.43. The number of nitrogens with one attached hydrogen (secondary N) is 1. The number of thiophene rings is 1. The molecule has 0 radical (unpaired) electrons. The number of methoxy groups -OCH3 is 1. The molecule has 3 heterocycles. The van der Waals surface area contributed by atoms with Gasteiger partial charge in [0.1, 0.15) is 5.75 Å². The highest BCUT2D eigenvalue weighted by atomic mass is 32.1. The Morgan fingerprint density at radius 2 is 2.04 bits per heavy atom. The SMILES string of the molecule is COc1ccc(CNC(=O)N2CCC(c3nnc(-c4ccsc4)o3)CC2)cc1. The molecule has 2 aromatic heterocycles. The van der Waals surface area contributed by atoms with Crippen molar-refractivity contribution in [1.82, 2.24) is 20.4 Å². The van der Waals surface area contributed by atoms with Gasteiger partial charge in [0.2, 0.25) is 11.8 Å². The Kier molecular flexibility index (Phi) is 5.57. The first-order chi connectivity index (χ1) is 13.7. The lowest BCUT2D eigenvalue weighted by Crippen LogP contribution is -2.43. The minimum absolute atomic E-state index is 0.0428. The molecular weight excluding hydrogens is 376 g/mol. The molecule has 1 aromatic carbocycles. The van der Waals surface area contributed by atoms with Crippen molar-refractivity contribution in [3.8, 4) is 17.2 Å². The number of piperidine rings is 1. The molecule has 2 amide bonds. The maximum absolute atomic E-state index is 12.4. The summed E-state index contributed by atoms with van der Waals surface area (Å²) in [5.41, 5.74) is 2.00. The normalized spacial score (nSPS) is 14.8. The molecule has 28 heavy (non-hydrogen) atoms. The van der Waals surface area contributed by atoms with E-state index in [2.05, 4.69) is 15.5 Å². The van der Waals surface area contributed by atoms with Crippen LogP contribution in [0.1, 0.15) is 30.2 Å². The first-order valence-corrected chi connectivity index (χ1v) is 10.2. The van der Waals surface area contributed by atoms with Crippen molar-refractivity contribution in [1.29, 1.82) is 0 Å². The standard InChI is InChI=1S/C20H22N4O3S/c1-26-17-4-2-14(3-5-17)12-21-20(25)24-9-6-15(7-10-24)18-22-23-19(27-18)16-8-11-28-13-16/h2-5,8,11,13,15H,6-7,9-10,12H2,1H3,(H,21,25). The van der Waals surface area contributed by atoms with Gasteiger partial charge in [-0.15, -0.1) is 10.2 Å². The Bertz CT molecular complexity index is 900. The summed E-state index contributed by atoms with van der Waals surface area (Å²) in [6, 6.07) is 9.61. The van der Waals surface area contributed by atoms with Crippen molar-refractivity contribution < 1.29 is 13.9 Å². The molecule has 1 N–H and O–H groups in total. The lowest BCUT2D eigenvalue weighted by Gasteiger charge is -2.30. The van der Waals surface area contributed by atoms with Gasteiger partial charge in [-0.3, -0.25) is 0 Å². The van der Waals surface area contributed by atoms with Crippen LogP contribution in [0.3, 0.4) is 0 Å². The molecule has 1 fully saturated rings. The van der Waals surface area contributed by atoms with Crippen LogP contribution in [0.5, 0.6) is 5.75 Å². The van der Waals surface area contributed by atoms with Gasteiger partial charge in [0.05, 0.1) is 7.11 Å². The van der Waals surface area contributed by atoms with Crippen LogP contribution in [-0.2, 0) is 6.54 Å². The highest BCUT2D eigenvalue weighted by Gasteiger charge is 2.27. The topological polar surface area (TPSA) is 80.5 Å². The maximum Gasteiger partial charge on any atom is 0.317 e. The second-order valence-electron chi connectivity index (χ2n) is 6.73. The Morgan fingerprint density at radius 1 is 1.25 bits per heavy atom. The number of carbonyl (C=O) groups is 1. The molecule has 1 saturated heterocycles. The third-order valence-electron chi connectivity index (χ3n) is 4.94. The third-order valence-corrected chi connectivity index (χ3v) is 5.63. The van der Waals surface area contributed by atoms with Crippen molar-refractivity contribution in [2.45, 2.75) is 25.3 Å². The summed E-state index contributed by atoms with van der Waals surface area (Å²) in [5.74, 6) is 2.24. The van der Waals surface area contributed by atoms with Gasteiger partial charge < -0.3 is 19.4 Å². The summed E-state index contributed by atoms with van der Waals surface area (Å²) in [6.45, 7) is 1.85. The van der Waals surface area contributed by atoms with Gasteiger partial charge in [0, 0.05) is 36.5 Å². The molecule has 0 atom stereocenters. The zero-order chi connectivity index (χ0) is 19.3. The van der Waals surface area contributed by atoms with E-state index in [0.717, 1.165) is 29.7 Å². The van der Waals surface area contributed by atoms with Gasteiger partial charge in [0.25, 0.3) is 0 Å². The van der Waals surface area contributed by atoms with Gasteiger partial charge in [0.15, 0.2) is 0 Å². The average molecular weight is 398 g/mol. The Hall–Kier alpha value is -2.87. The summed E-state index contributed by atoms with van der Waals surface area (Å²) >= 11 is 1.60. The second-order valence-corrected chi connectivity index (χ2v) is 7.51.